The summed E-state index contributed by atoms with van der Waals surface area (Å²) in [4.78, 5) is 28.0. The number of amides is 2. The molecule has 9 heteroatoms. The van der Waals surface area contributed by atoms with Gasteiger partial charge in [-0.05, 0) is 52.0 Å². The number of hydrogen-bond donors (Lipinski definition) is 3. The summed E-state index contributed by atoms with van der Waals surface area (Å²) in [7, 11) is 0. The van der Waals surface area contributed by atoms with Crippen molar-refractivity contribution >= 4 is 23.4 Å². The minimum Gasteiger partial charge on any atom is -0.436 e. The Morgan fingerprint density at radius 3 is 2.50 bits per heavy atom. The van der Waals surface area contributed by atoms with Crippen LogP contribution in [0, 0.1) is 11.6 Å². The molecule has 1 heterocycles. The highest BCUT2D eigenvalue weighted by Crippen LogP contribution is 2.31. The van der Waals surface area contributed by atoms with Crippen molar-refractivity contribution in [2.75, 3.05) is 11.1 Å². The zero-order valence-electron chi connectivity index (χ0n) is 16.0. The summed E-state index contributed by atoms with van der Waals surface area (Å²) in [5, 5.41) is 4.63. The van der Waals surface area contributed by atoms with Gasteiger partial charge in [0.1, 0.15) is 11.5 Å². The van der Waals surface area contributed by atoms with Crippen LogP contribution < -0.4 is 16.4 Å². The number of benzene rings is 1. The van der Waals surface area contributed by atoms with Gasteiger partial charge < -0.3 is 21.1 Å². The predicted octanol–water partition coefficient (Wildman–Crippen LogP) is 3.46. The van der Waals surface area contributed by atoms with Crippen molar-refractivity contribution < 1.29 is 23.1 Å². The van der Waals surface area contributed by atoms with E-state index >= 15 is 0 Å². The van der Waals surface area contributed by atoms with E-state index in [4.69, 9.17) is 10.5 Å². The standard InChI is InChI=1S/C19H22F2N4O3/c1-10(28-18(27)25-19(2,3)4)17(26)24-16-12(20)8-7-11(14(16)21)15-13(22)6-5-9-23-15/h5-10H,22H2,1-4H3,(H,24,26)(H,25,27)/t10-/m0/s1. The second-order valence-electron chi connectivity index (χ2n) is 7.14. The molecule has 0 aliphatic heterocycles. The minimum absolute atomic E-state index is 0.0751. The molecule has 2 aromatic rings. The monoisotopic (exact) mass is 392 g/mol. The molecule has 28 heavy (non-hydrogen) atoms. The summed E-state index contributed by atoms with van der Waals surface area (Å²) in [5.41, 5.74) is 4.78. The lowest BCUT2D eigenvalue weighted by Gasteiger charge is -2.22. The highest BCUT2D eigenvalue weighted by molar-refractivity contribution is 5.96. The quantitative estimate of drug-likeness (QED) is 0.739. The van der Waals surface area contributed by atoms with Crippen molar-refractivity contribution in [3.63, 3.8) is 0 Å². The zero-order chi connectivity index (χ0) is 21.1. The number of ether oxygens (including phenoxy) is 1. The molecule has 0 spiro atoms. The van der Waals surface area contributed by atoms with Gasteiger partial charge in [0.05, 0.1) is 11.4 Å². The van der Waals surface area contributed by atoms with E-state index in [0.29, 0.717) is 0 Å². The number of nitrogens with one attached hydrogen (secondary N) is 2. The van der Waals surface area contributed by atoms with Crippen LogP contribution in [0.3, 0.4) is 0 Å². The number of pyridine rings is 1. The van der Waals surface area contributed by atoms with Crippen LogP contribution in [0.25, 0.3) is 11.3 Å². The molecule has 0 unspecified atom stereocenters. The lowest BCUT2D eigenvalue weighted by molar-refractivity contribution is -0.123. The first kappa shape index (κ1) is 21.1. The molecule has 0 saturated heterocycles. The van der Waals surface area contributed by atoms with E-state index in [9.17, 15) is 18.4 Å². The molecule has 150 valence electrons. The van der Waals surface area contributed by atoms with Crippen LogP contribution in [0.1, 0.15) is 27.7 Å². The van der Waals surface area contributed by atoms with Gasteiger partial charge in [-0.2, -0.15) is 0 Å². The van der Waals surface area contributed by atoms with Gasteiger partial charge >= 0.3 is 6.09 Å². The second-order valence-corrected chi connectivity index (χ2v) is 7.14. The average Bonchev–Trinajstić information content (AvgIpc) is 2.57. The second kappa shape index (κ2) is 8.20. The molecule has 1 aromatic carbocycles. The lowest BCUT2D eigenvalue weighted by Crippen LogP contribution is -2.43. The van der Waals surface area contributed by atoms with Gasteiger partial charge in [0.2, 0.25) is 0 Å². The lowest BCUT2D eigenvalue weighted by atomic mass is 10.1. The minimum atomic E-state index is -1.29. The van der Waals surface area contributed by atoms with Crippen LogP contribution in [0.2, 0.25) is 0 Å². The van der Waals surface area contributed by atoms with Crippen molar-refractivity contribution in [2.24, 2.45) is 0 Å². The number of carbonyl (C=O) groups is 2. The van der Waals surface area contributed by atoms with Crippen molar-refractivity contribution in [1.29, 1.82) is 0 Å². The van der Waals surface area contributed by atoms with Gasteiger partial charge in [-0.25, -0.2) is 13.6 Å². The summed E-state index contributed by atoms with van der Waals surface area (Å²) < 4.78 is 33.9. The zero-order valence-corrected chi connectivity index (χ0v) is 16.0. The Hall–Kier alpha value is -3.23. The Morgan fingerprint density at radius 1 is 1.21 bits per heavy atom. The molecule has 0 fully saturated rings. The Labute approximate surface area is 161 Å². The number of anilines is 2. The third-order valence-corrected chi connectivity index (χ3v) is 3.56. The largest absolute Gasteiger partial charge is 0.436 e. The topological polar surface area (TPSA) is 106 Å². The van der Waals surface area contributed by atoms with Crippen LogP contribution in [0.5, 0.6) is 0 Å². The SMILES string of the molecule is C[C@H](OC(=O)NC(C)(C)C)C(=O)Nc1c(F)ccc(-c2ncccc2N)c1F. The Morgan fingerprint density at radius 2 is 1.89 bits per heavy atom. The molecular weight excluding hydrogens is 370 g/mol. The maximum Gasteiger partial charge on any atom is 0.408 e. The van der Waals surface area contributed by atoms with Crippen LogP contribution in [-0.4, -0.2) is 28.6 Å². The summed E-state index contributed by atoms with van der Waals surface area (Å²) in [5.74, 6) is -2.92. The Kier molecular flexibility index (Phi) is 6.17. The highest BCUT2D eigenvalue weighted by Gasteiger charge is 2.24. The van der Waals surface area contributed by atoms with Gasteiger partial charge in [-0.15, -0.1) is 0 Å². The molecule has 0 bridgehead atoms. The van der Waals surface area contributed by atoms with E-state index in [2.05, 4.69) is 15.6 Å². The predicted molar refractivity (Wildman–Crippen MR) is 101 cm³/mol. The maximum absolute atomic E-state index is 14.8. The third kappa shape index (κ3) is 5.15. The summed E-state index contributed by atoms with van der Waals surface area (Å²) in [6.45, 7) is 6.49. The molecule has 1 atom stereocenters. The molecule has 0 saturated carbocycles. The number of hydrogen-bond acceptors (Lipinski definition) is 5. The van der Waals surface area contributed by atoms with Crippen molar-refractivity contribution in [3.8, 4) is 11.3 Å². The third-order valence-electron chi connectivity index (χ3n) is 3.56. The molecule has 2 amide bonds. The van der Waals surface area contributed by atoms with Crippen LogP contribution >= 0.6 is 0 Å². The molecule has 0 aliphatic rings. The summed E-state index contributed by atoms with van der Waals surface area (Å²) >= 11 is 0. The van der Waals surface area contributed by atoms with E-state index in [1.807, 2.05) is 0 Å². The molecule has 0 aliphatic carbocycles. The average molecular weight is 392 g/mol. The van der Waals surface area contributed by atoms with Gasteiger partial charge in [0, 0.05) is 17.3 Å². The smallest absolute Gasteiger partial charge is 0.408 e. The first-order valence-electron chi connectivity index (χ1n) is 8.48. The van der Waals surface area contributed by atoms with Crippen LogP contribution in [-0.2, 0) is 9.53 Å². The molecule has 4 N–H and O–H groups in total. The van der Waals surface area contributed by atoms with Gasteiger partial charge in [-0.3, -0.25) is 9.78 Å². The maximum atomic E-state index is 14.8. The van der Waals surface area contributed by atoms with E-state index in [1.54, 1.807) is 26.8 Å². The normalized spacial score (nSPS) is 12.2. The van der Waals surface area contributed by atoms with Gasteiger partial charge in [0.15, 0.2) is 11.9 Å². The molecule has 7 nitrogen and oxygen atoms in total. The fraction of sp³-hybridized carbons (Fsp3) is 0.316. The van der Waals surface area contributed by atoms with E-state index in [0.717, 1.165) is 6.07 Å². The number of nitrogens with zero attached hydrogens (tertiary/aromatic N) is 1. The number of rotatable bonds is 4. The number of carbonyl (C=O) groups excluding carboxylic acids is 2. The fourth-order valence-corrected chi connectivity index (χ4v) is 2.27. The van der Waals surface area contributed by atoms with Crippen molar-refractivity contribution in [3.05, 3.63) is 42.1 Å². The van der Waals surface area contributed by atoms with E-state index in [1.165, 1.54) is 25.3 Å². The summed E-state index contributed by atoms with van der Waals surface area (Å²) in [6.07, 6.45) is -0.702. The Bertz CT molecular complexity index is 897. The fourth-order valence-electron chi connectivity index (χ4n) is 2.27. The molecule has 0 radical (unpaired) electrons. The number of alkyl carbamates (subject to hydrolysis) is 1. The van der Waals surface area contributed by atoms with Crippen molar-refractivity contribution in [2.45, 2.75) is 39.3 Å². The molecular formula is C19H22F2N4O3. The summed E-state index contributed by atoms with van der Waals surface area (Å²) in [6, 6.07) is 5.26. The van der Waals surface area contributed by atoms with E-state index < -0.39 is 41.0 Å². The highest BCUT2D eigenvalue weighted by atomic mass is 19.1. The van der Waals surface area contributed by atoms with Gasteiger partial charge in [-0.1, -0.05) is 0 Å². The van der Waals surface area contributed by atoms with Crippen LogP contribution in [0.15, 0.2) is 30.5 Å². The van der Waals surface area contributed by atoms with E-state index in [-0.39, 0.29) is 16.9 Å². The van der Waals surface area contributed by atoms with Gasteiger partial charge in [0.25, 0.3) is 5.91 Å². The number of nitrogens with two attached hydrogens (primary N) is 1. The number of nitrogen functional groups attached to an aromatic ring is 1. The number of halogens is 2. The number of aromatic nitrogens is 1. The molecule has 1 aromatic heterocycles. The first-order chi connectivity index (χ1) is 13.0. The molecule has 2 rings (SSSR count). The Balaban J connectivity index is 2.22. The van der Waals surface area contributed by atoms with Crippen molar-refractivity contribution in [1.82, 2.24) is 10.3 Å². The van der Waals surface area contributed by atoms with Crippen LogP contribution in [0.4, 0.5) is 25.0 Å². The first-order valence-corrected chi connectivity index (χ1v) is 8.48.